The monoisotopic (exact) mass is 387 g/mol. The topological polar surface area (TPSA) is 95.6 Å². The van der Waals surface area contributed by atoms with Crippen LogP contribution in [0.25, 0.3) is 0 Å². The van der Waals surface area contributed by atoms with Crippen LogP contribution in [0.2, 0.25) is 0 Å². The van der Waals surface area contributed by atoms with Crippen molar-refractivity contribution in [2.24, 2.45) is 0 Å². The first kappa shape index (κ1) is 19.5. The lowest BCUT2D eigenvalue weighted by molar-refractivity contribution is -0.131. The first-order valence-corrected chi connectivity index (χ1v) is 10.4. The van der Waals surface area contributed by atoms with E-state index in [1.807, 2.05) is 0 Å². The molecule has 0 aromatic heterocycles. The van der Waals surface area contributed by atoms with Crippen molar-refractivity contribution < 1.29 is 18.0 Å². The summed E-state index contributed by atoms with van der Waals surface area (Å²) in [4.78, 5) is 25.8. The van der Waals surface area contributed by atoms with E-state index in [1.54, 1.807) is 29.2 Å². The minimum absolute atomic E-state index is 0.0152. The van der Waals surface area contributed by atoms with Gasteiger partial charge in [-0.15, -0.1) is 11.6 Å². The van der Waals surface area contributed by atoms with E-state index < -0.39 is 10.0 Å². The van der Waals surface area contributed by atoms with Gasteiger partial charge in [-0.1, -0.05) is 0 Å². The van der Waals surface area contributed by atoms with Crippen LogP contribution in [0.15, 0.2) is 24.3 Å². The van der Waals surface area contributed by atoms with Gasteiger partial charge in [0.15, 0.2) is 0 Å². The van der Waals surface area contributed by atoms with Gasteiger partial charge in [-0.3, -0.25) is 14.3 Å². The molecule has 2 rings (SSSR count). The molecule has 138 valence electrons. The minimum Gasteiger partial charge on any atom is -0.349 e. The van der Waals surface area contributed by atoms with E-state index in [0.717, 1.165) is 6.26 Å². The van der Waals surface area contributed by atoms with Crippen LogP contribution in [-0.4, -0.2) is 56.4 Å². The van der Waals surface area contributed by atoms with Crippen LogP contribution in [0.5, 0.6) is 0 Å². The largest absolute Gasteiger partial charge is 0.349 e. The van der Waals surface area contributed by atoms with Gasteiger partial charge in [0.2, 0.25) is 15.9 Å². The lowest BCUT2D eigenvalue weighted by Gasteiger charge is -2.32. The lowest BCUT2D eigenvalue weighted by Crippen LogP contribution is -2.46. The Balaban J connectivity index is 1.85. The average molecular weight is 388 g/mol. The van der Waals surface area contributed by atoms with Gasteiger partial charge in [0, 0.05) is 42.7 Å². The first-order chi connectivity index (χ1) is 11.8. The molecule has 1 aliphatic heterocycles. The third-order valence-electron chi connectivity index (χ3n) is 3.94. The fourth-order valence-electron chi connectivity index (χ4n) is 2.68. The van der Waals surface area contributed by atoms with E-state index in [1.165, 1.54) is 0 Å². The normalized spacial score (nSPS) is 15.7. The van der Waals surface area contributed by atoms with Crippen LogP contribution >= 0.6 is 11.6 Å². The summed E-state index contributed by atoms with van der Waals surface area (Å²) >= 11 is 5.59. The summed E-state index contributed by atoms with van der Waals surface area (Å²) in [5.74, 6) is 0.157. The highest BCUT2D eigenvalue weighted by Crippen LogP contribution is 2.14. The van der Waals surface area contributed by atoms with Crippen LogP contribution in [0.4, 0.5) is 5.69 Å². The number of piperidine rings is 1. The number of hydrogen-bond acceptors (Lipinski definition) is 4. The standard InChI is InChI=1S/C16H22ClN3O4S/c1-25(23,24)19-14-4-2-12(3-5-14)16(22)18-13-7-10-20(11-8-13)15(21)6-9-17/h2-5,13,19H,6-11H2,1H3,(H,18,22). The molecule has 25 heavy (non-hydrogen) atoms. The van der Waals surface area contributed by atoms with E-state index >= 15 is 0 Å². The Morgan fingerprint density at radius 2 is 1.80 bits per heavy atom. The fraction of sp³-hybridized carbons (Fsp3) is 0.500. The second-order valence-corrected chi connectivity index (χ2v) is 8.15. The molecule has 2 N–H and O–H groups in total. The summed E-state index contributed by atoms with van der Waals surface area (Å²) in [5, 5.41) is 2.95. The van der Waals surface area contributed by atoms with E-state index in [0.29, 0.717) is 49.5 Å². The molecule has 0 saturated carbocycles. The molecule has 9 heteroatoms. The Hall–Kier alpha value is -1.80. The number of rotatable bonds is 6. The van der Waals surface area contributed by atoms with Crippen molar-refractivity contribution >= 4 is 39.1 Å². The van der Waals surface area contributed by atoms with Crippen molar-refractivity contribution in [1.82, 2.24) is 10.2 Å². The SMILES string of the molecule is CS(=O)(=O)Nc1ccc(C(=O)NC2CCN(C(=O)CCCl)CC2)cc1. The Morgan fingerprint density at radius 1 is 1.20 bits per heavy atom. The van der Waals surface area contributed by atoms with Gasteiger partial charge < -0.3 is 10.2 Å². The van der Waals surface area contributed by atoms with Crippen LogP contribution < -0.4 is 10.0 Å². The van der Waals surface area contributed by atoms with Gasteiger partial charge in [0.25, 0.3) is 5.91 Å². The summed E-state index contributed by atoms with van der Waals surface area (Å²) < 4.78 is 24.7. The second-order valence-electron chi connectivity index (χ2n) is 6.02. The molecule has 0 radical (unpaired) electrons. The van der Waals surface area contributed by atoms with Crippen LogP contribution in [0.1, 0.15) is 29.6 Å². The number of amides is 2. The zero-order valence-electron chi connectivity index (χ0n) is 14.0. The minimum atomic E-state index is -3.34. The van der Waals surface area contributed by atoms with Crippen LogP contribution in [0.3, 0.4) is 0 Å². The van der Waals surface area contributed by atoms with Gasteiger partial charge in [0.05, 0.1) is 6.26 Å². The number of carbonyl (C=O) groups excluding carboxylic acids is 2. The highest BCUT2D eigenvalue weighted by Gasteiger charge is 2.23. The number of nitrogens with zero attached hydrogens (tertiary/aromatic N) is 1. The Labute approximate surface area is 152 Å². The van der Waals surface area contributed by atoms with Gasteiger partial charge in [-0.05, 0) is 37.1 Å². The number of carbonyl (C=O) groups is 2. The summed E-state index contributed by atoms with van der Waals surface area (Å²) in [5.41, 5.74) is 0.866. The molecule has 1 aromatic rings. The number of sulfonamides is 1. The van der Waals surface area contributed by atoms with Crippen molar-refractivity contribution in [2.75, 3.05) is 29.9 Å². The number of alkyl halides is 1. The number of likely N-dealkylation sites (tertiary alicyclic amines) is 1. The van der Waals surface area contributed by atoms with Gasteiger partial charge >= 0.3 is 0 Å². The molecule has 1 saturated heterocycles. The lowest BCUT2D eigenvalue weighted by atomic mass is 10.0. The van der Waals surface area contributed by atoms with Crippen molar-refractivity contribution in [3.8, 4) is 0 Å². The molecule has 1 fully saturated rings. The van der Waals surface area contributed by atoms with Gasteiger partial charge in [-0.2, -0.15) is 0 Å². The maximum atomic E-state index is 12.3. The molecule has 1 aliphatic rings. The molecule has 1 aromatic carbocycles. The van der Waals surface area contributed by atoms with Crippen LogP contribution in [0, 0.1) is 0 Å². The van der Waals surface area contributed by atoms with Gasteiger partial charge in [0.1, 0.15) is 0 Å². The Morgan fingerprint density at radius 3 is 2.32 bits per heavy atom. The second kappa shape index (κ2) is 8.53. The van der Waals surface area contributed by atoms with Crippen molar-refractivity contribution in [2.45, 2.75) is 25.3 Å². The average Bonchev–Trinajstić information content (AvgIpc) is 2.55. The number of halogens is 1. The molecule has 0 unspecified atom stereocenters. The zero-order chi connectivity index (χ0) is 18.4. The van der Waals surface area contributed by atoms with E-state index in [-0.39, 0.29) is 17.9 Å². The number of anilines is 1. The molecule has 7 nitrogen and oxygen atoms in total. The predicted octanol–water partition coefficient (Wildman–Crippen LogP) is 1.41. The fourth-order valence-corrected chi connectivity index (χ4v) is 3.41. The molecule has 0 aliphatic carbocycles. The number of hydrogen-bond donors (Lipinski definition) is 2. The smallest absolute Gasteiger partial charge is 0.251 e. The van der Waals surface area contributed by atoms with E-state index in [2.05, 4.69) is 10.0 Å². The number of benzene rings is 1. The number of nitrogens with one attached hydrogen (secondary N) is 2. The third kappa shape index (κ3) is 6.21. The summed E-state index contributed by atoms with van der Waals surface area (Å²) in [6.45, 7) is 1.22. The Bertz CT molecular complexity index is 713. The maximum Gasteiger partial charge on any atom is 0.251 e. The molecule has 1 heterocycles. The summed E-state index contributed by atoms with van der Waals surface area (Å²) in [6.07, 6.45) is 2.81. The molecular formula is C16H22ClN3O4S. The van der Waals surface area contributed by atoms with Gasteiger partial charge in [-0.25, -0.2) is 8.42 Å². The highest BCUT2D eigenvalue weighted by atomic mass is 35.5. The predicted molar refractivity (Wildman–Crippen MR) is 97.3 cm³/mol. The van der Waals surface area contributed by atoms with E-state index in [9.17, 15) is 18.0 Å². The molecule has 0 bridgehead atoms. The van der Waals surface area contributed by atoms with Crippen molar-refractivity contribution in [3.63, 3.8) is 0 Å². The highest BCUT2D eigenvalue weighted by molar-refractivity contribution is 7.92. The maximum absolute atomic E-state index is 12.3. The third-order valence-corrected chi connectivity index (χ3v) is 4.74. The van der Waals surface area contributed by atoms with Crippen molar-refractivity contribution in [3.05, 3.63) is 29.8 Å². The molecule has 2 amide bonds. The first-order valence-electron chi connectivity index (χ1n) is 8.01. The van der Waals surface area contributed by atoms with E-state index in [4.69, 9.17) is 11.6 Å². The Kier molecular flexibility index (Phi) is 6.66. The molecule has 0 atom stereocenters. The molecular weight excluding hydrogens is 366 g/mol. The summed E-state index contributed by atoms with van der Waals surface area (Å²) in [6, 6.07) is 6.25. The summed E-state index contributed by atoms with van der Waals surface area (Å²) in [7, 11) is -3.34. The quantitative estimate of drug-likeness (QED) is 0.721. The van der Waals surface area contributed by atoms with Crippen molar-refractivity contribution in [1.29, 1.82) is 0 Å². The zero-order valence-corrected chi connectivity index (χ0v) is 15.6. The molecule has 0 spiro atoms. The van der Waals surface area contributed by atoms with Crippen LogP contribution in [-0.2, 0) is 14.8 Å².